The molecule has 0 amide bonds. The number of alkyl halides is 1. The number of hydrogen-bond acceptors (Lipinski definition) is 30. The first-order valence-corrected chi connectivity index (χ1v) is 65.1. The number of Topliss-reactive ketones (excluding diaryl/α,β-unsaturated/α-hetero) is 5. The third kappa shape index (κ3) is 42.4. The molecule has 24 nitrogen and oxygen atoms in total. The van der Waals surface area contributed by atoms with Crippen molar-refractivity contribution in [2.24, 2.45) is 0 Å². The van der Waals surface area contributed by atoms with Crippen molar-refractivity contribution < 1.29 is 85.8 Å². The fourth-order valence-electron chi connectivity index (χ4n) is 14.3. The van der Waals surface area contributed by atoms with Crippen molar-refractivity contribution in [3.05, 3.63) is 239 Å². The minimum absolute atomic E-state index is 0. The molecule has 52 heteroatoms. The van der Waals surface area contributed by atoms with Gasteiger partial charge in [-0.1, -0.05) is 66.2 Å². The Balaban J connectivity index is 0.000000444. The first-order valence-electron chi connectivity index (χ1n) is 42.3. The molecule has 1 saturated heterocycles. The molecule has 1 fully saturated rings. The van der Waals surface area contributed by atoms with E-state index in [0.717, 1.165) is 96.3 Å². The lowest BCUT2D eigenvalue weighted by molar-refractivity contribution is -0.156. The molecule has 2 aliphatic carbocycles. The molecular weight excluding hydrogens is 2540 g/mol. The summed E-state index contributed by atoms with van der Waals surface area (Å²) in [5.41, 5.74) is 11.8. The van der Waals surface area contributed by atoms with Crippen molar-refractivity contribution in [1.82, 2.24) is 39.0 Å². The van der Waals surface area contributed by atoms with Gasteiger partial charge in [-0.2, -0.15) is 13.5 Å². The lowest BCUT2D eigenvalue weighted by Gasteiger charge is -2.20. The van der Waals surface area contributed by atoms with Gasteiger partial charge in [0.1, 0.15) is 83.2 Å². The normalized spacial score (nSPS) is 12.1. The van der Waals surface area contributed by atoms with Crippen LogP contribution >= 0.6 is 85.3 Å². The van der Waals surface area contributed by atoms with Crippen LogP contribution in [-0.4, -0.2) is 149 Å². The van der Waals surface area contributed by atoms with Crippen molar-refractivity contribution in [3.8, 4) is 62.1 Å². The quantitative estimate of drug-likeness (QED) is 0.0471. The second-order valence-electron chi connectivity index (χ2n) is 32.4. The van der Waals surface area contributed by atoms with Gasteiger partial charge in [0, 0.05) is 358 Å². The third-order valence-corrected chi connectivity index (χ3v) is 35.8. The molecule has 5 aromatic heterocycles. The number of carbonyl (C=O) groups excluding carboxylic acids is 7. The Morgan fingerprint density at radius 1 is 0.520 bits per heavy atom. The molecule has 794 valence electrons. The number of phenolic OH excluding ortho intramolecular Hbond substituents is 1. The van der Waals surface area contributed by atoms with Gasteiger partial charge in [0.25, 0.3) is 0 Å². The van der Waals surface area contributed by atoms with Gasteiger partial charge in [-0.15, -0.1) is 12.4 Å². The molecule has 0 saturated carbocycles. The Bertz CT molecular complexity index is 7330. The van der Waals surface area contributed by atoms with Crippen LogP contribution in [0.25, 0.3) is 77.7 Å². The van der Waals surface area contributed by atoms with Crippen molar-refractivity contribution in [2.75, 3.05) is 35.0 Å². The van der Waals surface area contributed by atoms with Crippen molar-refractivity contribution in [2.45, 2.75) is 152 Å². The number of benzene rings is 7. The van der Waals surface area contributed by atoms with Crippen LogP contribution in [0, 0.1) is 19.7 Å². The number of nitrogens with one attached hydrogen (secondary N) is 1. The maximum absolute atomic E-state index is 14.8. The van der Waals surface area contributed by atoms with Crippen molar-refractivity contribution in [1.29, 1.82) is 0 Å². The van der Waals surface area contributed by atoms with Gasteiger partial charge in [-0.25, -0.2) is 28.7 Å². The van der Waals surface area contributed by atoms with E-state index in [1.54, 1.807) is 143 Å². The highest BCUT2D eigenvalue weighted by molar-refractivity contribution is 9.11. The minimum Gasteiger partial charge on any atom is -0.507 e. The van der Waals surface area contributed by atoms with E-state index in [-0.39, 0.29) is 112 Å². The van der Waals surface area contributed by atoms with Gasteiger partial charge >= 0.3 is 17.9 Å². The first-order chi connectivity index (χ1) is 69.2. The highest BCUT2D eigenvalue weighted by atomic mass is 79.9. The zero-order chi connectivity index (χ0) is 109. The highest BCUT2D eigenvalue weighted by Gasteiger charge is 2.31. The van der Waals surface area contributed by atoms with E-state index in [9.17, 15) is 52.2 Å². The molecule has 148 heavy (non-hydrogen) atoms. The number of ether oxygens (including phenoxy) is 6. The number of fused-ring (bicyclic) bond motifs is 5. The van der Waals surface area contributed by atoms with E-state index in [1.807, 2.05) is 84.9 Å². The lowest BCUT2D eigenvalue weighted by atomic mass is 9.97. The van der Waals surface area contributed by atoms with Gasteiger partial charge in [-0.05, 0) is 220 Å². The number of carbonyl (C=O) groups is 8. The van der Waals surface area contributed by atoms with Gasteiger partial charge < -0.3 is 57.7 Å². The van der Waals surface area contributed by atoms with E-state index in [0.29, 0.717) is 83.6 Å². The monoisotopic (exact) mass is 2640 g/mol. The number of aromatic hydroxyl groups is 1. The molecule has 15 rings (SSSR count). The number of allylic oxidation sites excluding steroid dienone is 3. The summed E-state index contributed by atoms with van der Waals surface area (Å²) in [4.78, 5) is 112. The van der Waals surface area contributed by atoms with E-state index < -0.39 is 35.2 Å². The average molecular weight is 2640 g/mol. The zero-order valence-electron chi connectivity index (χ0n) is 81.5. The molecule has 3 aliphatic rings. The van der Waals surface area contributed by atoms with E-state index in [2.05, 4.69) is 209 Å². The summed E-state index contributed by atoms with van der Waals surface area (Å²) in [5.74, 6) is 1.58. The molecule has 6 heterocycles. The fourth-order valence-corrected chi connectivity index (χ4v) is 24.3. The highest BCUT2D eigenvalue weighted by Crippen LogP contribution is 2.42. The second-order valence-corrected chi connectivity index (χ2v) is 53.1. The number of aromatic nitrogens is 7. The van der Waals surface area contributed by atoms with Crippen LogP contribution in [0.15, 0.2) is 172 Å². The number of carboxylic acids is 1. The van der Waals surface area contributed by atoms with Crippen molar-refractivity contribution in [3.63, 3.8) is 0 Å². The molecule has 1 aliphatic heterocycles. The predicted molar refractivity (Wildman–Crippen MR) is 657 cm³/mol. The van der Waals surface area contributed by atoms with E-state index in [4.69, 9.17) is 45.1 Å². The molecule has 3 N–H and O–H groups in total. The Hall–Kier alpha value is -6.85. The number of rotatable bonds is 20. The summed E-state index contributed by atoms with van der Waals surface area (Å²) in [6, 6.07) is 29.9. The Kier molecular flexibility index (Phi) is 62.5. The number of carboxylic acid groups (broad SMARTS) is 1. The summed E-state index contributed by atoms with van der Waals surface area (Å²) >= 11 is 58.6. The number of phenols is 1. The topological polar surface area (TPSA) is 311 Å². The van der Waals surface area contributed by atoms with Crippen LogP contribution in [0.2, 0.25) is 5.02 Å². The number of methoxy groups -OCH3 is 4. The van der Waals surface area contributed by atoms with Gasteiger partial charge in [0.05, 0.1) is 64.4 Å². The summed E-state index contributed by atoms with van der Waals surface area (Å²) in [6.45, 7) is 20.4. The van der Waals surface area contributed by atoms with Gasteiger partial charge in [0.2, 0.25) is 0 Å². The smallest absolute Gasteiger partial charge is 0.326 e. The number of hydrogen-bond donors (Lipinski definition) is 3. The molecule has 0 spiro atoms. The zero-order valence-corrected chi connectivity index (χ0v) is 105. The molecule has 2 atom stereocenters. The maximum Gasteiger partial charge on any atom is 0.326 e. The van der Waals surface area contributed by atoms with Crippen LogP contribution in [-0.2, 0) is 273 Å². The minimum atomic E-state index is -1.03. The second kappa shape index (κ2) is 68.4. The maximum atomic E-state index is 14.8. The number of nitrogens with zero attached hydrogens (tertiary/aromatic N) is 7. The SMILES string of the molecule is CC(=O)c1cn(CC(=O)O)c2cc(O)c(-c3cnc(C)nc3)cc12.COc1cc2c(cc1-c1cnc(C)nc1)c(C(C)=O)cn2CC(=O)OC(C)(C)C.COc1cc2c(cc1Br)C(C(C)=O)=CC2.COc1cc2c(cc1Br)C=CC2.COc1cc2c(cc1Br)c(C(C)=O)cn2CC(=O)OC(C)(C)C.Cl.O=C(Cc1cccc(-c2ccccc2Cl)c1F)C1C[C@@H](F)CN1.S.S=S.S=S=S.S=S=S=S.S=S=S=S=S.S=S=S=S=S=S. The predicted octanol–water partition coefficient (Wildman–Crippen LogP) is 20.8. The Labute approximate surface area is 978 Å². The molecular formula is C96H99Br3Cl2F2N8O16S21. The van der Waals surface area contributed by atoms with E-state index in [1.165, 1.54) is 129 Å². The van der Waals surface area contributed by atoms with Crippen LogP contribution in [0.3, 0.4) is 0 Å². The molecule has 0 radical (unpaired) electrons. The first kappa shape index (κ1) is 135. The number of aliphatic carboxylic acids is 1. The number of aryl methyl sites for hydroxylation is 2. The van der Waals surface area contributed by atoms with E-state index >= 15 is 0 Å². The van der Waals surface area contributed by atoms with Gasteiger partial charge in [-0.3, -0.25) is 38.4 Å². The summed E-state index contributed by atoms with van der Waals surface area (Å²) < 4.78 is 67.5. The molecule has 0 bridgehead atoms. The summed E-state index contributed by atoms with van der Waals surface area (Å²) in [7, 11) is 19.3. The summed E-state index contributed by atoms with van der Waals surface area (Å²) in [6.07, 6.45) is 18.7. The Morgan fingerprint density at radius 2 is 0.939 bits per heavy atom. The standard InChI is InChI=1S/C22H25N3O4.C18H16ClF2NO.C17H20BrNO4.C17H15N3O4.C12H11BrO2.C10H9BrO.ClH.S6.S5.S4.S3.S2.H2S/c1-13(26)18-11-25(12-21(27)29-22(3,4)5)19-8-20(28-6)16(7-17(18)19)15-9-23-14(2)24-10-15;19-15-7-2-1-5-13(15)14-6-3-4-11(18(14)21)8-17(23)16-9-12(20)10-22-16;1-10(20)12-8-19(9-16(21)23-17(2,3)4)14-7-15(22-5)13(18)6-11(12)14;1-9(21)14-7-20(8-17(23)24)15-4-16(22)12(3-13(14)15)11-5-18-10(2)19-6-11;1-7(14)9-4-3-8-5-12(15-2)11(13)6-10(8)9;1-12-10-6-8-4-2-3-7(8)5-9(10)11;;1-3-5-6-4-2;1-3-5-4-2;1-3-4-2;1-3-2;1-2;/h7-11H,12H2,1-6H3;1-7,12,16,22H,8-10H2;6-8H,9H2,1-5H3;3-7,22H,8H2,1-2H3,(H,23,24);4-6H,3H2,1-2H3;2-3,5-6H,4H2,1H3;1H;;;;;;1H2/t;12-,16?;;;;;;;;;;;/m.1.........../s1. The van der Waals surface area contributed by atoms with Crippen LogP contribution < -0.4 is 24.3 Å². The number of halogens is 7. The molecule has 7 aromatic carbocycles. The number of esters is 2. The summed E-state index contributed by atoms with van der Waals surface area (Å²) in [5, 5.41) is 24.7. The average Bonchev–Trinajstić information content (AvgIpc) is 1.62. The van der Waals surface area contributed by atoms with Crippen molar-refractivity contribution >= 4 is 377 Å². The molecule has 12 aromatic rings. The van der Waals surface area contributed by atoms with Gasteiger partial charge in [0.15, 0.2) is 28.9 Å². The fraction of sp³-hybridized carbons (Fsp3) is 0.292. The lowest BCUT2D eigenvalue weighted by Crippen LogP contribution is -2.32. The Morgan fingerprint density at radius 3 is 1.36 bits per heavy atom. The van der Waals surface area contributed by atoms with Crippen LogP contribution in [0.5, 0.6) is 28.7 Å². The largest absolute Gasteiger partial charge is 0.507 e. The molecule has 1 unspecified atom stereocenters. The van der Waals surface area contributed by atoms with Crippen LogP contribution in [0.4, 0.5) is 8.78 Å². The number of ketones is 5. The van der Waals surface area contributed by atoms with Crippen LogP contribution in [0.1, 0.15) is 146 Å². The third-order valence-electron chi connectivity index (χ3n) is 20.3.